The molecule has 2 aromatic heterocycles. The van der Waals surface area contributed by atoms with Crippen LogP contribution in [0.4, 0.5) is 0 Å². The Hall–Kier alpha value is -3.21. The maximum Gasteiger partial charge on any atom is 0.179 e. The summed E-state index contributed by atoms with van der Waals surface area (Å²) in [6, 6.07) is 21.6. The van der Waals surface area contributed by atoms with Crippen molar-refractivity contribution in [3.05, 3.63) is 72.9 Å². The Balaban J connectivity index is 1.61. The van der Waals surface area contributed by atoms with E-state index in [1.54, 1.807) is 4.52 Å². The lowest BCUT2D eigenvalue weighted by Crippen LogP contribution is -1.89. The van der Waals surface area contributed by atoms with Crippen molar-refractivity contribution in [2.45, 2.75) is 0 Å². The summed E-state index contributed by atoms with van der Waals surface area (Å²) >= 11 is 0. The minimum absolute atomic E-state index is 0.729. The monoisotopic (exact) mass is 288 g/mol. The zero-order valence-corrected chi connectivity index (χ0v) is 11.6. The Kier molecular flexibility index (Phi) is 3.01. The molecule has 22 heavy (non-hydrogen) atoms. The van der Waals surface area contributed by atoms with Crippen LogP contribution in [-0.4, -0.2) is 20.0 Å². The molecular weight excluding hydrogens is 276 g/mol. The summed E-state index contributed by atoms with van der Waals surface area (Å²) in [7, 11) is 0. The Labute approximate surface area is 126 Å². The van der Waals surface area contributed by atoms with Crippen molar-refractivity contribution in [2.75, 3.05) is 0 Å². The summed E-state index contributed by atoms with van der Waals surface area (Å²) in [4.78, 5) is 0. The van der Waals surface area contributed by atoms with Gasteiger partial charge in [0.1, 0.15) is 11.5 Å². The Morgan fingerprint density at radius 1 is 0.727 bits per heavy atom. The maximum absolute atomic E-state index is 5.79. The minimum atomic E-state index is 0.729. The van der Waals surface area contributed by atoms with Gasteiger partial charge in [0, 0.05) is 11.8 Å². The highest BCUT2D eigenvalue weighted by molar-refractivity contribution is 5.65. The number of pyridine rings is 1. The van der Waals surface area contributed by atoms with E-state index in [4.69, 9.17) is 4.74 Å². The number of tetrazole rings is 1. The molecule has 5 heteroatoms. The molecule has 2 heterocycles. The number of benzene rings is 2. The molecule has 0 fully saturated rings. The van der Waals surface area contributed by atoms with Crippen molar-refractivity contribution >= 4 is 5.65 Å². The first kappa shape index (κ1) is 12.5. The van der Waals surface area contributed by atoms with Crippen LogP contribution < -0.4 is 4.74 Å². The summed E-state index contributed by atoms with van der Waals surface area (Å²) in [5.74, 6) is 1.63. The Morgan fingerprint density at radius 2 is 1.45 bits per heavy atom. The third kappa shape index (κ3) is 2.40. The third-order valence-electron chi connectivity index (χ3n) is 3.36. The summed E-state index contributed by atoms with van der Waals surface area (Å²) in [5, 5.41) is 11.4. The molecule has 0 N–H and O–H groups in total. The van der Waals surface area contributed by atoms with Crippen LogP contribution in [0.1, 0.15) is 0 Å². The minimum Gasteiger partial charge on any atom is -0.457 e. The molecule has 106 valence electrons. The van der Waals surface area contributed by atoms with Crippen molar-refractivity contribution in [2.24, 2.45) is 0 Å². The lowest BCUT2D eigenvalue weighted by molar-refractivity contribution is 0.483. The van der Waals surface area contributed by atoms with Crippen LogP contribution >= 0.6 is 0 Å². The second kappa shape index (κ2) is 5.29. The van der Waals surface area contributed by atoms with E-state index in [2.05, 4.69) is 15.5 Å². The number of nitrogens with zero attached hydrogens (tertiary/aromatic N) is 4. The van der Waals surface area contributed by atoms with Crippen molar-refractivity contribution in [3.8, 4) is 22.6 Å². The standard InChI is InChI=1S/C17H12N4O/c1-2-4-15(5-3-1)22-16-9-6-13(7-10-16)14-8-11-17-18-19-20-21(17)12-14/h1-12H. The predicted molar refractivity (Wildman–Crippen MR) is 82.7 cm³/mol. The van der Waals surface area contributed by atoms with Gasteiger partial charge in [0.15, 0.2) is 5.65 Å². The Morgan fingerprint density at radius 3 is 2.27 bits per heavy atom. The van der Waals surface area contributed by atoms with Crippen molar-refractivity contribution in [1.82, 2.24) is 20.0 Å². The van der Waals surface area contributed by atoms with Gasteiger partial charge < -0.3 is 4.74 Å². The number of hydrogen-bond donors (Lipinski definition) is 0. The summed E-state index contributed by atoms with van der Waals surface area (Å²) in [6.07, 6.45) is 1.91. The molecule has 0 aliphatic heterocycles. The van der Waals surface area contributed by atoms with E-state index in [0.29, 0.717) is 0 Å². The molecule has 0 aliphatic carbocycles. The van der Waals surface area contributed by atoms with Crippen molar-refractivity contribution < 1.29 is 4.74 Å². The molecule has 4 aromatic rings. The molecule has 2 aromatic carbocycles. The zero-order chi connectivity index (χ0) is 14.8. The molecule has 4 rings (SSSR count). The zero-order valence-electron chi connectivity index (χ0n) is 11.6. The lowest BCUT2D eigenvalue weighted by atomic mass is 10.1. The van der Waals surface area contributed by atoms with E-state index in [0.717, 1.165) is 28.3 Å². The topological polar surface area (TPSA) is 52.3 Å². The molecule has 0 spiro atoms. The molecule has 0 radical (unpaired) electrons. The van der Waals surface area contributed by atoms with Gasteiger partial charge in [-0.3, -0.25) is 0 Å². The molecule has 0 unspecified atom stereocenters. The third-order valence-corrected chi connectivity index (χ3v) is 3.36. The van der Waals surface area contributed by atoms with E-state index in [1.165, 1.54) is 0 Å². The summed E-state index contributed by atoms with van der Waals surface area (Å²) in [6.45, 7) is 0. The average molecular weight is 288 g/mol. The van der Waals surface area contributed by atoms with Crippen LogP contribution in [0.5, 0.6) is 11.5 Å². The number of rotatable bonds is 3. The van der Waals surface area contributed by atoms with Crippen LogP contribution in [0.15, 0.2) is 72.9 Å². The van der Waals surface area contributed by atoms with Gasteiger partial charge in [-0.15, -0.1) is 5.10 Å². The van der Waals surface area contributed by atoms with Gasteiger partial charge in [0.25, 0.3) is 0 Å². The largest absolute Gasteiger partial charge is 0.457 e. The van der Waals surface area contributed by atoms with Gasteiger partial charge in [-0.05, 0) is 52.4 Å². The normalized spacial score (nSPS) is 10.7. The molecule has 0 saturated carbocycles. The van der Waals surface area contributed by atoms with Gasteiger partial charge in [0.2, 0.25) is 0 Å². The van der Waals surface area contributed by atoms with E-state index in [-0.39, 0.29) is 0 Å². The molecule has 0 saturated heterocycles. The van der Waals surface area contributed by atoms with Crippen LogP contribution in [0.2, 0.25) is 0 Å². The van der Waals surface area contributed by atoms with Crippen molar-refractivity contribution in [3.63, 3.8) is 0 Å². The maximum atomic E-state index is 5.79. The highest BCUT2D eigenvalue weighted by Crippen LogP contribution is 2.25. The Bertz CT molecular complexity index is 901. The smallest absolute Gasteiger partial charge is 0.179 e. The fourth-order valence-corrected chi connectivity index (χ4v) is 2.25. The fourth-order valence-electron chi connectivity index (χ4n) is 2.25. The quantitative estimate of drug-likeness (QED) is 0.578. The number of hydrogen-bond acceptors (Lipinski definition) is 4. The summed E-state index contributed by atoms with van der Waals surface area (Å²) in [5.41, 5.74) is 2.86. The first-order valence-corrected chi connectivity index (χ1v) is 6.90. The van der Waals surface area contributed by atoms with Gasteiger partial charge >= 0.3 is 0 Å². The second-order valence-corrected chi connectivity index (χ2v) is 4.84. The van der Waals surface area contributed by atoms with Gasteiger partial charge in [-0.25, -0.2) is 4.52 Å². The molecule has 0 aliphatic rings. The first-order chi connectivity index (χ1) is 10.9. The average Bonchev–Trinajstić information content (AvgIpc) is 3.04. The first-order valence-electron chi connectivity index (χ1n) is 6.90. The molecule has 0 atom stereocenters. The molecule has 0 amide bonds. The SMILES string of the molecule is c1ccc(Oc2ccc(-c3ccc4nnnn4c3)cc2)cc1. The number of ether oxygens (including phenoxy) is 1. The summed E-state index contributed by atoms with van der Waals surface area (Å²) < 4.78 is 7.45. The number of aromatic nitrogens is 4. The van der Waals surface area contributed by atoms with Crippen LogP contribution in [-0.2, 0) is 0 Å². The lowest BCUT2D eigenvalue weighted by Gasteiger charge is -2.07. The van der Waals surface area contributed by atoms with E-state index in [1.807, 2.05) is 72.9 Å². The van der Waals surface area contributed by atoms with Crippen LogP contribution in [0.25, 0.3) is 16.8 Å². The van der Waals surface area contributed by atoms with E-state index < -0.39 is 0 Å². The number of para-hydroxylation sites is 1. The van der Waals surface area contributed by atoms with Gasteiger partial charge in [-0.1, -0.05) is 30.3 Å². The number of fused-ring (bicyclic) bond motifs is 1. The molecule has 5 nitrogen and oxygen atoms in total. The highest BCUT2D eigenvalue weighted by atomic mass is 16.5. The van der Waals surface area contributed by atoms with Gasteiger partial charge in [-0.2, -0.15) is 0 Å². The van der Waals surface area contributed by atoms with E-state index in [9.17, 15) is 0 Å². The van der Waals surface area contributed by atoms with E-state index >= 15 is 0 Å². The van der Waals surface area contributed by atoms with Crippen LogP contribution in [0.3, 0.4) is 0 Å². The van der Waals surface area contributed by atoms with Crippen LogP contribution in [0, 0.1) is 0 Å². The molecular formula is C17H12N4O. The molecule has 0 bridgehead atoms. The van der Waals surface area contributed by atoms with Gasteiger partial charge in [0.05, 0.1) is 0 Å². The highest BCUT2D eigenvalue weighted by Gasteiger charge is 2.03. The fraction of sp³-hybridized carbons (Fsp3) is 0. The van der Waals surface area contributed by atoms with Crippen molar-refractivity contribution in [1.29, 1.82) is 0 Å². The second-order valence-electron chi connectivity index (χ2n) is 4.84. The predicted octanol–water partition coefficient (Wildman–Crippen LogP) is 3.58.